The van der Waals surface area contributed by atoms with E-state index in [2.05, 4.69) is 22.7 Å². The van der Waals surface area contributed by atoms with Gasteiger partial charge in [-0.1, -0.05) is 6.92 Å². The number of fused-ring (bicyclic) bond motifs is 1. The predicted molar refractivity (Wildman–Crippen MR) is 99.3 cm³/mol. The Hall–Kier alpha value is -3.03. The van der Waals surface area contributed by atoms with E-state index >= 15 is 0 Å². The second-order valence-corrected chi connectivity index (χ2v) is 6.29. The Morgan fingerprint density at radius 2 is 2.08 bits per heavy atom. The summed E-state index contributed by atoms with van der Waals surface area (Å²) >= 11 is 0. The zero-order chi connectivity index (χ0) is 18.8. The number of hydrogen-bond donors (Lipinski definition) is 2. The lowest BCUT2D eigenvalue weighted by molar-refractivity contribution is 0.251. The van der Waals surface area contributed by atoms with Crippen molar-refractivity contribution in [3.63, 3.8) is 0 Å². The Morgan fingerprint density at radius 3 is 2.81 bits per heavy atom. The van der Waals surface area contributed by atoms with E-state index in [9.17, 15) is 9.59 Å². The summed E-state index contributed by atoms with van der Waals surface area (Å²) in [5.74, 6) is -0.434. The Bertz CT molecular complexity index is 1010. The maximum atomic E-state index is 12.2. The standard InChI is InChI=1S/C18H23N5O3/c1-5-8-23-12(3)14(11(2)21-23)10-19-17(24)20-13-6-7-15-16(9-13)26-18(25)22(15)4/h6-7,9H,5,8,10H2,1-4H3,(H2,19,20,24). The third kappa shape index (κ3) is 3.35. The van der Waals surface area contributed by atoms with Gasteiger partial charge in [0.05, 0.1) is 11.2 Å². The van der Waals surface area contributed by atoms with Crippen LogP contribution in [0.25, 0.3) is 11.1 Å². The average molecular weight is 357 g/mol. The highest BCUT2D eigenvalue weighted by atomic mass is 16.4. The number of hydrogen-bond acceptors (Lipinski definition) is 4. The molecule has 2 amide bonds. The highest BCUT2D eigenvalue weighted by Crippen LogP contribution is 2.18. The Morgan fingerprint density at radius 1 is 1.31 bits per heavy atom. The number of nitrogens with one attached hydrogen (secondary N) is 2. The number of aromatic nitrogens is 3. The molecule has 2 N–H and O–H groups in total. The molecule has 0 atom stereocenters. The van der Waals surface area contributed by atoms with E-state index < -0.39 is 5.76 Å². The van der Waals surface area contributed by atoms with E-state index in [4.69, 9.17) is 4.42 Å². The van der Waals surface area contributed by atoms with Crippen molar-refractivity contribution in [1.29, 1.82) is 0 Å². The number of benzene rings is 1. The lowest BCUT2D eigenvalue weighted by Gasteiger charge is -2.08. The molecule has 26 heavy (non-hydrogen) atoms. The number of oxazole rings is 1. The molecule has 3 aromatic rings. The van der Waals surface area contributed by atoms with Gasteiger partial charge in [-0.3, -0.25) is 9.25 Å². The van der Waals surface area contributed by atoms with Crippen LogP contribution in [0.5, 0.6) is 0 Å². The number of amides is 2. The zero-order valence-electron chi connectivity index (χ0n) is 15.4. The summed E-state index contributed by atoms with van der Waals surface area (Å²) in [6.07, 6.45) is 1.01. The van der Waals surface area contributed by atoms with Crippen molar-refractivity contribution >= 4 is 22.8 Å². The van der Waals surface area contributed by atoms with Crippen LogP contribution in [0.4, 0.5) is 10.5 Å². The van der Waals surface area contributed by atoms with Crippen LogP contribution in [-0.2, 0) is 20.1 Å². The Labute approximate surface area is 150 Å². The summed E-state index contributed by atoms with van der Waals surface area (Å²) < 4.78 is 8.52. The predicted octanol–water partition coefficient (Wildman–Crippen LogP) is 2.68. The van der Waals surface area contributed by atoms with Crippen molar-refractivity contribution in [3.8, 4) is 0 Å². The normalized spacial score (nSPS) is 11.1. The van der Waals surface area contributed by atoms with Gasteiger partial charge in [-0.05, 0) is 32.4 Å². The molecule has 0 fully saturated rings. The minimum Gasteiger partial charge on any atom is -0.408 e. The number of carbonyl (C=O) groups is 1. The Kier molecular flexibility index (Phi) is 4.83. The number of carbonyl (C=O) groups excluding carboxylic acids is 1. The summed E-state index contributed by atoms with van der Waals surface area (Å²) in [7, 11) is 1.64. The SMILES string of the molecule is CCCn1nc(C)c(CNC(=O)Nc2ccc3c(c2)oc(=O)n3C)c1C. The first-order valence-corrected chi connectivity index (χ1v) is 8.58. The number of anilines is 1. The summed E-state index contributed by atoms with van der Waals surface area (Å²) in [6, 6.07) is 4.77. The van der Waals surface area contributed by atoms with Crippen molar-refractivity contribution in [3.05, 3.63) is 45.7 Å². The van der Waals surface area contributed by atoms with Crippen LogP contribution in [0.3, 0.4) is 0 Å². The maximum Gasteiger partial charge on any atom is 0.419 e. The van der Waals surface area contributed by atoms with Crippen molar-refractivity contribution in [2.24, 2.45) is 7.05 Å². The van der Waals surface area contributed by atoms with Crippen LogP contribution in [0.15, 0.2) is 27.4 Å². The number of nitrogens with zero attached hydrogens (tertiary/aromatic N) is 3. The van der Waals surface area contributed by atoms with Gasteiger partial charge in [0, 0.05) is 43.1 Å². The first-order chi connectivity index (χ1) is 12.4. The molecule has 0 spiro atoms. The average Bonchev–Trinajstić information content (AvgIpc) is 3.02. The molecule has 0 unspecified atom stereocenters. The van der Waals surface area contributed by atoms with Gasteiger partial charge < -0.3 is 15.1 Å². The summed E-state index contributed by atoms with van der Waals surface area (Å²) in [6.45, 7) is 7.32. The van der Waals surface area contributed by atoms with E-state index in [0.717, 1.165) is 29.9 Å². The van der Waals surface area contributed by atoms with Crippen molar-refractivity contribution in [2.75, 3.05) is 5.32 Å². The third-order valence-electron chi connectivity index (χ3n) is 4.44. The highest BCUT2D eigenvalue weighted by Gasteiger charge is 2.13. The van der Waals surface area contributed by atoms with Crippen LogP contribution in [-0.4, -0.2) is 20.4 Å². The maximum absolute atomic E-state index is 12.2. The zero-order valence-corrected chi connectivity index (χ0v) is 15.4. The van der Waals surface area contributed by atoms with Crippen molar-refractivity contribution in [1.82, 2.24) is 19.7 Å². The van der Waals surface area contributed by atoms with Gasteiger partial charge in [-0.15, -0.1) is 0 Å². The van der Waals surface area contributed by atoms with Crippen LogP contribution in [0, 0.1) is 13.8 Å². The molecule has 1 aromatic carbocycles. The van der Waals surface area contributed by atoms with E-state index in [-0.39, 0.29) is 6.03 Å². The van der Waals surface area contributed by atoms with Gasteiger partial charge in [0.25, 0.3) is 0 Å². The van der Waals surface area contributed by atoms with Crippen molar-refractivity contribution in [2.45, 2.75) is 40.3 Å². The minimum atomic E-state index is -0.434. The summed E-state index contributed by atoms with van der Waals surface area (Å²) in [5.41, 5.74) is 4.68. The molecule has 0 saturated carbocycles. The molecule has 2 aromatic heterocycles. The number of urea groups is 1. The van der Waals surface area contributed by atoms with Crippen LogP contribution in [0.2, 0.25) is 0 Å². The molecule has 0 saturated heterocycles. The summed E-state index contributed by atoms with van der Waals surface area (Å²) in [5, 5.41) is 10.1. The molecule has 0 radical (unpaired) electrons. The van der Waals surface area contributed by atoms with E-state index in [1.165, 1.54) is 4.57 Å². The third-order valence-corrected chi connectivity index (χ3v) is 4.44. The molecule has 0 bridgehead atoms. The van der Waals surface area contributed by atoms with Gasteiger partial charge in [0.15, 0.2) is 5.58 Å². The van der Waals surface area contributed by atoms with Gasteiger partial charge >= 0.3 is 11.8 Å². The number of aryl methyl sites for hydroxylation is 3. The molecule has 138 valence electrons. The fraction of sp³-hybridized carbons (Fsp3) is 0.389. The first kappa shape index (κ1) is 17.8. The van der Waals surface area contributed by atoms with E-state index in [0.29, 0.717) is 23.3 Å². The lowest BCUT2D eigenvalue weighted by atomic mass is 10.2. The topological polar surface area (TPSA) is 94.1 Å². The first-order valence-electron chi connectivity index (χ1n) is 8.58. The van der Waals surface area contributed by atoms with Gasteiger partial charge in [-0.25, -0.2) is 9.59 Å². The van der Waals surface area contributed by atoms with Crippen molar-refractivity contribution < 1.29 is 9.21 Å². The smallest absolute Gasteiger partial charge is 0.408 e. The van der Waals surface area contributed by atoms with Gasteiger partial charge in [0.2, 0.25) is 0 Å². The monoisotopic (exact) mass is 357 g/mol. The molecule has 8 nitrogen and oxygen atoms in total. The molecule has 0 aliphatic rings. The fourth-order valence-electron chi connectivity index (χ4n) is 2.97. The number of rotatable bonds is 5. The molecule has 2 heterocycles. The minimum absolute atomic E-state index is 0.329. The van der Waals surface area contributed by atoms with E-state index in [1.54, 1.807) is 25.2 Å². The van der Waals surface area contributed by atoms with E-state index in [1.807, 2.05) is 18.5 Å². The second kappa shape index (κ2) is 7.07. The van der Waals surface area contributed by atoms with Crippen LogP contribution in [0.1, 0.15) is 30.3 Å². The Balaban J connectivity index is 1.67. The fourth-order valence-corrected chi connectivity index (χ4v) is 2.97. The van der Waals surface area contributed by atoms with Crippen LogP contribution < -0.4 is 16.4 Å². The highest BCUT2D eigenvalue weighted by molar-refractivity contribution is 5.91. The molecule has 8 heteroatoms. The molecule has 0 aliphatic carbocycles. The molecule has 3 rings (SSSR count). The lowest BCUT2D eigenvalue weighted by Crippen LogP contribution is -2.28. The largest absolute Gasteiger partial charge is 0.419 e. The summed E-state index contributed by atoms with van der Waals surface area (Å²) in [4.78, 5) is 23.7. The molecule has 0 aliphatic heterocycles. The quantitative estimate of drug-likeness (QED) is 0.734. The molecular weight excluding hydrogens is 334 g/mol. The van der Waals surface area contributed by atoms with Crippen LogP contribution >= 0.6 is 0 Å². The van der Waals surface area contributed by atoms with Gasteiger partial charge in [0.1, 0.15) is 0 Å². The second-order valence-electron chi connectivity index (χ2n) is 6.29. The van der Waals surface area contributed by atoms with Gasteiger partial charge in [-0.2, -0.15) is 5.10 Å². The molecular formula is C18H23N5O3.